The van der Waals surface area contributed by atoms with E-state index >= 15 is 0 Å². The van der Waals surface area contributed by atoms with Crippen LogP contribution in [0.3, 0.4) is 0 Å². The van der Waals surface area contributed by atoms with Crippen LogP contribution in [0, 0.1) is 0 Å². The Kier molecular flexibility index (Phi) is 6.46. The number of thiophene rings is 1. The van der Waals surface area contributed by atoms with E-state index in [0.717, 1.165) is 44.6 Å². The van der Waals surface area contributed by atoms with Crippen molar-refractivity contribution in [3.05, 3.63) is 99.8 Å². The zero-order valence-electron chi connectivity index (χ0n) is 20.5. The normalized spacial score (nSPS) is 18.7. The lowest BCUT2D eigenvalue weighted by Crippen LogP contribution is -2.44. The van der Waals surface area contributed by atoms with Gasteiger partial charge < -0.3 is 4.84 Å². The van der Waals surface area contributed by atoms with Gasteiger partial charge in [-0.1, -0.05) is 86.6 Å². The molecule has 34 heavy (non-hydrogen) atoms. The van der Waals surface area contributed by atoms with Gasteiger partial charge in [0.2, 0.25) is 0 Å². The molecule has 2 aliphatic heterocycles. The Morgan fingerprint density at radius 3 is 2.38 bits per heavy atom. The van der Waals surface area contributed by atoms with Crippen LogP contribution in [-0.4, -0.2) is 35.8 Å². The number of benzene rings is 2. The maximum atomic E-state index is 6.04. The zero-order chi connectivity index (χ0) is 23.6. The van der Waals surface area contributed by atoms with E-state index in [2.05, 4.69) is 102 Å². The zero-order valence-corrected chi connectivity index (χ0v) is 21.3. The molecule has 0 unspecified atom stereocenters. The maximum Gasteiger partial charge on any atom is 0.145 e. The SMILES string of the molecule is CC(C)(C)c1ccc(/C(=C/CN2CCC3(CC2)CC(c2ccccc2)=NO3)c2ccsc2)cc1. The van der Waals surface area contributed by atoms with E-state index in [1.807, 2.05) is 6.07 Å². The third-order valence-electron chi connectivity index (χ3n) is 7.16. The van der Waals surface area contributed by atoms with Gasteiger partial charge in [-0.25, -0.2) is 0 Å². The molecule has 0 radical (unpaired) electrons. The molecule has 3 nitrogen and oxygen atoms in total. The molecule has 0 aliphatic carbocycles. The molecule has 0 bridgehead atoms. The maximum absolute atomic E-state index is 6.04. The lowest BCUT2D eigenvalue weighted by molar-refractivity contribution is -0.0598. The van der Waals surface area contributed by atoms with E-state index < -0.39 is 0 Å². The number of oxime groups is 1. The molecule has 1 aromatic heterocycles. The molecular weight excluding hydrogens is 436 g/mol. The second-order valence-electron chi connectivity index (χ2n) is 10.6. The predicted octanol–water partition coefficient (Wildman–Crippen LogP) is 7.14. The van der Waals surface area contributed by atoms with Crippen molar-refractivity contribution in [2.75, 3.05) is 19.6 Å². The van der Waals surface area contributed by atoms with Gasteiger partial charge in [-0.05, 0) is 50.1 Å². The number of hydrogen-bond donors (Lipinski definition) is 0. The molecule has 1 spiro atoms. The fourth-order valence-corrected chi connectivity index (χ4v) is 5.56. The van der Waals surface area contributed by atoms with Gasteiger partial charge in [0, 0.05) is 38.9 Å². The molecular formula is C30H34N2OS. The Morgan fingerprint density at radius 1 is 1.00 bits per heavy atom. The topological polar surface area (TPSA) is 24.8 Å². The molecule has 0 atom stereocenters. The third-order valence-corrected chi connectivity index (χ3v) is 7.84. The summed E-state index contributed by atoms with van der Waals surface area (Å²) in [5.74, 6) is 0. The summed E-state index contributed by atoms with van der Waals surface area (Å²) in [6.45, 7) is 9.82. The Bertz CT molecular complexity index is 1150. The highest BCUT2D eigenvalue weighted by Gasteiger charge is 2.42. The summed E-state index contributed by atoms with van der Waals surface area (Å²) < 4.78 is 0. The van der Waals surface area contributed by atoms with Crippen LogP contribution in [0.2, 0.25) is 0 Å². The van der Waals surface area contributed by atoms with Gasteiger partial charge in [0.25, 0.3) is 0 Å². The molecule has 3 aromatic rings. The second kappa shape index (κ2) is 9.52. The van der Waals surface area contributed by atoms with Gasteiger partial charge in [0.15, 0.2) is 0 Å². The average Bonchev–Trinajstić information content (AvgIpc) is 3.52. The minimum Gasteiger partial charge on any atom is -0.388 e. The van der Waals surface area contributed by atoms with Crippen molar-refractivity contribution in [3.8, 4) is 0 Å². The van der Waals surface area contributed by atoms with E-state index in [4.69, 9.17) is 4.84 Å². The molecule has 5 rings (SSSR count). The van der Waals surface area contributed by atoms with E-state index in [1.165, 1.54) is 27.8 Å². The van der Waals surface area contributed by atoms with Gasteiger partial charge in [-0.3, -0.25) is 4.90 Å². The molecule has 0 saturated carbocycles. The molecule has 1 saturated heterocycles. The monoisotopic (exact) mass is 470 g/mol. The average molecular weight is 471 g/mol. The van der Waals surface area contributed by atoms with E-state index in [0.29, 0.717) is 0 Å². The summed E-state index contributed by atoms with van der Waals surface area (Å²) >= 11 is 1.76. The van der Waals surface area contributed by atoms with Crippen molar-refractivity contribution in [1.29, 1.82) is 0 Å². The number of likely N-dealkylation sites (tertiary alicyclic amines) is 1. The van der Waals surface area contributed by atoms with Crippen LogP contribution in [0.4, 0.5) is 0 Å². The van der Waals surface area contributed by atoms with E-state index in [1.54, 1.807) is 11.3 Å². The minimum atomic E-state index is -0.121. The van der Waals surface area contributed by atoms with Crippen LogP contribution >= 0.6 is 11.3 Å². The van der Waals surface area contributed by atoms with Crippen molar-refractivity contribution in [2.24, 2.45) is 5.16 Å². The Labute approximate surface area is 207 Å². The van der Waals surface area contributed by atoms with Gasteiger partial charge >= 0.3 is 0 Å². The van der Waals surface area contributed by atoms with Gasteiger partial charge in [-0.15, -0.1) is 0 Å². The highest BCUT2D eigenvalue weighted by atomic mass is 32.1. The Hall–Kier alpha value is -2.69. The highest BCUT2D eigenvalue weighted by molar-refractivity contribution is 7.08. The smallest absolute Gasteiger partial charge is 0.145 e. The largest absolute Gasteiger partial charge is 0.388 e. The van der Waals surface area contributed by atoms with Gasteiger partial charge in [0.1, 0.15) is 5.60 Å². The summed E-state index contributed by atoms with van der Waals surface area (Å²) in [6, 6.07) is 21.8. The number of hydrogen-bond acceptors (Lipinski definition) is 4. The van der Waals surface area contributed by atoms with Crippen LogP contribution in [0.1, 0.15) is 62.3 Å². The van der Waals surface area contributed by atoms with Crippen molar-refractivity contribution in [3.63, 3.8) is 0 Å². The summed E-state index contributed by atoms with van der Waals surface area (Å²) in [5, 5.41) is 8.89. The molecule has 176 valence electrons. The molecule has 4 heteroatoms. The predicted molar refractivity (Wildman–Crippen MR) is 144 cm³/mol. The highest BCUT2D eigenvalue weighted by Crippen LogP contribution is 2.36. The lowest BCUT2D eigenvalue weighted by atomic mass is 9.85. The fraction of sp³-hybridized carbons (Fsp3) is 0.367. The Morgan fingerprint density at radius 2 is 1.74 bits per heavy atom. The molecule has 1 fully saturated rings. The first-order valence-electron chi connectivity index (χ1n) is 12.3. The molecule has 3 heterocycles. The number of rotatable bonds is 5. The van der Waals surface area contributed by atoms with Crippen LogP contribution in [0.5, 0.6) is 0 Å². The molecule has 0 N–H and O–H groups in total. The van der Waals surface area contributed by atoms with Crippen LogP contribution in [-0.2, 0) is 10.3 Å². The summed E-state index contributed by atoms with van der Waals surface area (Å²) in [5.41, 5.74) is 7.62. The number of nitrogens with zero attached hydrogens (tertiary/aromatic N) is 2. The van der Waals surface area contributed by atoms with Crippen molar-refractivity contribution >= 4 is 22.6 Å². The first kappa shape index (κ1) is 23.1. The summed E-state index contributed by atoms with van der Waals surface area (Å²) in [7, 11) is 0. The second-order valence-corrected chi connectivity index (χ2v) is 11.4. The van der Waals surface area contributed by atoms with Crippen molar-refractivity contribution in [1.82, 2.24) is 4.90 Å². The summed E-state index contributed by atoms with van der Waals surface area (Å²) in [4.78, 5) is 8.58. The number of piperidine rings is 1. The van der Waals surface area contributed by atoms with E-state index in [-0.39, 0.29) is 11.0 Å². The Balaban J connectivity index is 1.25. The quantitative estimate of drug-likeness (QED) is 0.396. The minimum absolute atomic E-state index is 0.121. The van der Waals surface area contributed by atoms with Gasteiger partial charge in [0.05, 0.1) is 5.71 Å². The van der Waals surface area contributed by atoms with Crippen LogP contribution in [0.25, 0.3) is 5.57 Å². The standard InChI is InChI=1S/C30H34N2OS/c1-29(2,3)26-11-9-23(10-12-26)27(25-14-20-34-22-25)13-17-32-18-15-30(16-19-32)21-28(31-33-30)24-7-5-4-6-8-24/h4-14,20,22H,15-19,21H2,1-3H3/b27-13-. The third kappa shape index (κ3) is 5.03. The van der Waals surface area contributed by atoms with E-state index in [9.17, 15) is 0 Å². The first-order valence-corrected chi connectivity index (χ1v) is 13.2. The molecule has 0 amide bonds. The molecule has 2 aliphatic rings. The van der Waals surface area contributed by atoms with Crippen molar-refractivity contribution < 1.29 is 4.84 Å². The van der Waals surface area contributed by atoms with Gasteiger partial charge in [-0.2, -0.15) is 11.3 Å². The van der Waals surface area contributed by atoms with Crippen LogP contribution in [0.15, 0.2) is 82.7 Å². The first-order chi connectivity index (χ1) is 16.4. The fourth-order valence-electron chi connectivity index (χ4n) is 4.91. The van der Waals surface area contributed by atoms with Crippen LogP contribution < -0.4 is 0 Å². The summed E-state index contributed by atoms with van der Waals surface area (Å²) in [6.07, 6.45) is 5.37. The lowest BCUT2D eigenvalue weighted by Gasteiger charge is -2.36. The van der Waals surface area contributed by atoms with Crippen molar-refractivity contribution in [2.45, 2.75) is 51.0 Å². The molecule has 2 aromatic carbocycles.